The first-order valence-electron chi connectivity index (χ1n) is 11.8. The van der Waals surface area contributed by atoms with Crippen LogP contribution in [-0.4, -0.2) is 16.8 Å². The van der Waals surface area contributed by atoms with Crippen molar-refractivity contribution in [2.75, 3.05) is 9.03 Å². The van der Waals surface area contributed by atoms with Gasteiger partial charge in [0.1, 0.15) is 0 Å². The highest BCUT2D eigenvalue weighted by molar-refractivity contribution is 7.93. The molecule has 1 N–H and O–H groups in total. The molecule has 6 nitrogen and oxygen atoms in total. The molecule has 0 amide bonds. The maximum absolute atomic E-state index is 14.0. The van der Waals surface area contributed by atoms with Crippen LogP contribution in [0.25, 0.3) is 0 Å². The zero-order chi connectivity index (χ0) is 29.4. The predicted octanol–water partition coefficient (Wildman–Crippen LogP) is 8.42. The van der Waals surface area contributed by atoms with Gasteiger partial charge in [-0.25, -0.2) is 16.8 Å². The van der Waals surface area contributed by atoms with Crippen molar-refractivity contribution in [2.24, 2.45) is 0 Å². The highest BCUT2D eigenvalue weighted by Crippen LogP contribution is 2.51. The summed E-state index contributed by atoms with van der Waals surface area (Å²) < 4.78 is 57.5. The van der Waals surface area contributed by atoms with Crippen LogP contribution >= 0.6 is 46.4 Å². The molecule has 0 saturated carbocycles. The van der Waals surface area contributed by atoms with Crippen molar-refractivity contribution >= 4 is 77.8 Å². The normalized spacial score (nSPS) is 11.9. The number of halogens is 4. The zero-order valence-electron chi connectivity index (χ0n) is 21.5. The summed E-state index contributed by atoms with van der Waals surface area (Å²) in [5.41, 5.74) is 3.13. The molecule has 4 aromatic rings. The molecule has 0 aliphatic heterocycles. The number of anilines is 2. The van der Waals surface area contributed by atoms with Crippen LogP contribution in [0.1, 0.15) is 22.3 Å². The quantitative estimate of drug-likeness (QED) is 0.193. The number of nitrogens with one attached hydrogen (secondary N) is 1. The summed E-state index contributed by atoms with van der Waals surface area (Å²) in [4.78, 5) is -0.0540. The number of nitrogens with zero attached hydrogens (tertiary/aromatic N) is 1. The second kappa shape index (κ2) is 11.8. The van der Waals surface area contributed by atoms with E-state index in [9.17, 15) is 16.8 Å². The molecule has 40 heavy (non-hydrogen) atoms. The minimum absolute atomic E-state index is 0.00952. The molecule has 210 valence electrons. The van der Waals surface area contributed by atoms with Crippen LogP contribution in [0.3, 0.4) is 0 Å². The van der Waals surface area contributed by atoms with Gasteiger partial charge >= 0.3 is 0 Å². The van der Waals surface area contributed by atoms with Gasteiger partial charge < -0.3 is 0 Å². The summed E-state index contributed by atoms with van der Waals surface area (Å²) in [6.07, 6.45) is 0. The van der Waals surface area contributed by atoms with E-state index in [4.69, 9.17) is 46.4 Å². The zero-order valence-corrected chi connectivity index (χ0v) is 26.2. The Morgan fingerprint density at radius 1 is 0.650 bits per heavy atom. The first kappa shape index (κ1) is 30.5. The van der Waals surface area contributed by atoms with Crippen LogP contribution < -0.4 is 9.03 Å². The molecule has 0 spiro atoms. The van der Waals surface area contributed by atoms with Gasteiger partial charge in [0, 0.05) is 0 Å². The Kier molecular flexibility index (Phi) is 9.00. The van der Waals surface area contributed by atoms with Crippen LogP contribution in [0.2, 0.25) is 20.1 Å². The van der Waals surface area contributed by atoms with Crippen LogP contribution in [-0.2, 0) is 26.6 Å². The molecule has 0 unspecified atom stereocenters. The number of hydrogen-bond donors (Lipinski definition) is 1. The van der Waals surface area contributed by atoms with E-state index in [1.165, 1.54) is 24.3 Å². The average molecular weight is 658 g/mol. The summed E-state index contributed by atoms with van der Waals surface area (Å²) in [6.45, 7) is 5.62. The van der Waals surface area contributed by atoms with Crippen LogP contribution in [0.4, 0.5) is 11.4 Å². The van der Waals surface area contributed by atoms with E-state index < -0.39 is 20.0 Å². The van der Waals surface area contributed by atoms with Crippen molar-refractivity contribution in [1.29, 1.82) is 0 Å². The summed E-state index contributed by atoms with van der Waals surface area (Å²) in [5.74, 6) is 0. The maximum atomic E-state index is 14.0. The lowest BCUT2D eigenvalue weighted by molar-refractivity contribution is 0.590. The lowest BCUT2D eigenvalue weighted by Crippen LogP contribution is -2.31. The van der Waals surface area contributed by atoms with Crippen molar-refractivity contribution in [1.82, 2.24) is 0 Å². The minimum atomic E-state index is -4.25. The first-order valence-corrected chi connectivity index (χ1v) is 16.3. The minimum Gasteiger partial charge on any atom is -0.276 e. The molecule has 0 aliphatic rings. The molecule has 0 radical (unpaired) electrons. The van der Waals surface area contributed by atoms with Crippen molar-refractivity contribution in [3.63, 3.8) is 0 Å². The Morgan fingerprint density at radius 3 is 1.65 bits per heavy atom. The topological polar surface area (TPSA) is 83.6 Å². The van der Waals surface area contributed by atoms with Crippen molar-refractivity contribution < 1.29 is 16.8 Å². The summed E-state index contributed by atoms with van der Waals surface area (Å²) in [6, 6.07) is 19.2. The van der Waals surface area contributed by atoms with Crippen LogP contribution in [0, 0.1) is 20.8 Å². The first-order chi connectivity index (χ1) is 18.8. The highest BCUT2D eigenvalue weighted by atomic mass is 35.5. The third-order valence-corrected chi connectivity index (χ3v) is 11.2. The van der Waals surface area contributed by atoms with Gasteiger partial charge in [0.05, 0.1) is 47.8 Å². The smallest absolute Gasteiger partial charge is 0.264 e. The summed E-state index contributed by atoms with van der Waals surface area (Å²) in [7, 11) is -8.38. The largest absolute Gasteiger partial charge is 0.276 e. The predicted molar refractivity (Wildman–Crippen MR) is 164 cm³/mol. The Hall–Kier alpha value is -2.46. The van der Waals surface area contributed by atoms with Crippen molar-refractivity contribution in [2.45, 2.75) is 37.1 Å². The average Bonchev–Trinajstić information content (AvgIpc) is 2.93. The molecular formula is C28H24Cl4N2O4S2. The van der Waals surface area contributed by atoms with Gasteiger partial charge in [-0.2, -0.15) is 0 Å². The number of sulfonamides is 2. The fraction of sp³-hybridized carbons (Fsp3) is 0.143. The highest BCUT2D eigenvalue weighted by Gasteiger charge is 2.33. The molecule has 0 heterocycles. The van der Waals surface area contributed by atoms with Crippen LogP contribution in [0.5, 0.6) is 0 Å². The van der Waals surface area contributed by atoms with E-state index in [2.05, 4.69) is 4.72 Å². The van der Waals surface area contributed by atoms with Gasteiger partial charge in [0.2, 0.25) is 0 Å². The van der Waals surface area contributed by atoms with E-state index in [1.54, 1.807) is 36.4 Å². The van der Waals surface area contributed by atoms with E-state index in [0.29, 0.717) is 5.56 Å². The Bertz CT molecular complexity index is 1770. The van der Waals surface area contributed by atoms with E-state index >= 15 is 0 Å². The summed E-state index contributed by atoms with van der Waals surface area (Å²) >= 11 is 26.5. The van der Waals surface area contributed by atoms with Crippen LogP contribution in [0.15, 0.2) is 82.6 Å². The lowest BCUT2D eigenvalue weighted by Gasteiger charge is -2.29. The van der Waals surface area contributed by atoms with Gasteiger partial charge in [-0.05, 0) is 67.3 Å². The third-order valence-electron chi connectivity index (χ3n) is 6.38. The monoisotopic (exact) mass is 656 g/mol. The SMILES string of the molecule is Cc1cc(C)c(CN(c2c(Cl)c(Cl)c(NS(=O)(=O)c3ccccc3)c(Cl)c2Cl)S(=O)(=O)c2ccccc2)cc1C. The Morgan fingerprint density at radius 2 is 1.12 bits per heavy atom. The Labute approximate surface area is 254 Å². The number of aryl methyl sites for hydroxylation is 3. The molecule has 4 rings (SSSR count). The van der Waals surface area contributed by atoms with Gasteiger partial charge in [-0.15, -0.1) is 0 Å². The lowest BCUT2D eigenvalue weighted by atomic mass is 10.0. The molecule has 0 aromatic heterocycles. The maximum Gasteiger partial charge on any atom is 0.264 e. The van der Waals surface area contributed by atoms with Gasteiger partial charge in [0.15, 0.2) is 0 Å². The second-order valence-corrected chi connectivity index (χ2v) is 14.1. The van der Waals surface area contributed by atoms with Gasteiger partial charge in [-0.1, -0.05) is 94.9 Å². The van der Waals surface area contributed by atoms with Gasteiger partial charge in [-0.3, -0.25) is 9.03 Å². The van der Waals surface area contributed by atoms with Crippen molar-refractivity contribution in [3.8, 4) is 0 Å². The molecule has 0 saturated heterocycles. The molecule has 4 aromatic carbocycles. The second-order valence-electron chi connectivity index (χ2n) is 9.09. The standard InChI is InChI=1S/C28H24Cl4N2O4S2/c1-17-14-19(3)20(15-18(17)2)16-34(40(37,38)22-12-8-5-9-13-22)28-25(31)23(29)27(24(30)26(28)32)33-39(35,36)21-10-6-4-7-11-21/h4-15,33H,16H2,1-3H3. The van der Waals surface area contributed by atoms with E-state index in [1.807, 2.05) is 32.9 Å². The number of benzene rings is 4. The number of hydrogen-bond acceptors (Lipinski definition) is 4. The fourth-order valence-corrected chi connectivity index (χ4v) is 8.02. The van der Waals surface area contributed by atoms with E-state index in [-0.39, 0.29) is 47.8 Å². The van der Waals surface area contributed by atoms with E-state index in [0.717, 1.165) is 21.0 Å². The molecule has 0 aliphatic carbocycles. The number of rotatable bonds is 8. The molecule has 0 atom stereocenters. The molecule has 0 bridgehead atoms. The molecule has 0 fully saturated rings. The molecular weight excluding hydrogens is 634 g/mol. The molecule has 12 heteroatoms. The van der Waals surface area contributed by atoms with Crippen molar-refractivity contribution in [3.05, 3.63) is 115 Å². The third kappa shape index (κ3) is 5.93. The fourth-order valence-electron chi connectivity index (χ4n) is 4.07. The Balaban J connectivity index is 1.92. The van der Waals surface area contributed by atoms with Gasteiger partial charge in [0.25, 0.3) is 20.0 Å². The summed E-state index contributed by atoms with van der Waals surface area (Å²) in [5, 5.41) is -1.20.